The normalized spacial score (nSPS) is 15.4. The van der Waals surface area contributed by atoms with Gasteiger partial charge in [-0.15, -0.1) is 0 Å². The number of anilines is 1. The number of rotatable bonds is 8. The van der Waals surface area contributed by atoms with E-state index in [0.29, 0.717) is 23.5 Å². The van der Waals surface area contributed by atoms with E-state index in [1.54, 1.807) is 61.5 Å². The molecule has 0 saturated carbocycles. The molecule has 0 radical (unpaired) electrons. The molecule has 1 saturated heterocycles. The van der Waals surface area contributed by atoms with Gasteiger partial charge in [0.15, 0.2) is 0 Å². The van der Waals surface area contributed by atoms with Crippen molar-refractivity contribution in [3.8, 4) is 5.75 Å². The Morgan fingerprint density at radius 1 is 1.05 bits per heavy atom. The largest absolute Gasteiger partial charge is 0.494 e. The van der Waals surface area contributed by atoms with Crippen LogP contribution in [0.4, 0.5) is 14.9 Å². The van der Waals surface area contributed by atoms with Crippen LogP contribution in [-0.4, -0.2) is 35.4 Å². The number of halogens is 1. The average molecular weight is 506 g/mol. The first kappa shape index (κ1) is 27.4. The van der Waals surface area contributed by atoms with Gasteiger partial charge in [0.1, 0.15) is 23.7 Å². The van der Waals surface area contributed by atoms with Crippen molar-refractivity contribution in [3.63, 3.8) is 0 Å². The van der Waals surface area contributed by atoms with Gasteiger partial charge in [0, 0.05) is 6.42 Å². The Hall–Kier alpha value is -4.20. The molecule has 8 heteroatoms. The van der Waals surface area contributed by atoms with Crippen LogP contribution in [0.5, 0.6) is 5.75 Å². The number of carbonyl (C=O) groups is 3. The maximum Gasteiger partial charge on any atom is 0.325 e. The molecule has 0 aliphatic carbocycles. The smallest absolute Gasteiger partial charge is 0.325 e. The lowest BCUT2D eigenvalue weighted by atomic mass is 10.0. The highest BCUT2D eigenvalue weighted by atomic mass is 19.1. The van der Waals surface area contributed by atoms with Gasteiger partial charge in [-0.2, -0.15) is 0 Å². The second kappa shape index (κ2) is 12.7. The summed E-state index contributed by atoms with van der Waals surface area (Å²) in [5.41, 5.74) is 2.00. The van der Waals surface area contributed by atoms with Gasteiger partial charge in [-0.3, -0.25) is 9.59 Å². The van der Waals surface area contributed by atoms with E-state index in [1.807, 2.05) is 26.8 Å². The molecule has 4 rings (SSSR count). The monoisotopic (exact) mass is 505 g/mol. The zero-order valence-electron chi connectivity index (χ0n) is 21.5. The quantitative estimate of drug-likeness (QED) is 0.401. The molecule has 7 nitrogen and oxygen atoms in total. The Morgan fingerprint density at radius 2 is 1.73 bits per heavy atom. The molecule has 3 aromatic rings. The molecule has 0 bridgehead atoms. The fourth-order valence-electron chi connectivity index (χ4n) is 4.01. The SMILES string of the molecule is CC.CCOc1ccc([C@H]2NC(=O)N(C(Cc3ccccc3)C(=O)Nc3ccc(C)cc3F)C2=O)cc1. The van der Waals surface area contributed by atoms with Crippen LogP contribution in [0.15, 0.2) is 72.8 Å². The van der Waals surface area contributed by atoms with Crippen LogP contribution in [0.3, 0.4) is 0 Å². The Labute approximate surface area is 216 Å². The highest BCUT2D eigenvalue weighted by molar-refractivity contribution is 6.09. The van der Waals surface area contributed by atoms with Crippen molar-refractivity contribution < 1.29 is 23.5 Å². The predicted molar refractivity (Wildman–Crippen MR) is 141 cm³/mol. The molecule has 2 N–H and O–H groups in total. The first-order chi connectivity index (χ1) is 17.9. The third-order valence-electron chi connectivity index (χ3n) is 5.76. The molecule has 1 aliphatic heterocycles. The lowest BCUT2D eigenvalue weighted by molar-refractivity contribution is -0.134. The molecule has 1 unspecified atom stereocenters. The van der Waals surface area contributed by atoms with Crippen LogP contribution in [-0.2, 0) is 16.0 Å². The van der Waals surface area contributed by atoms with Crippen molar-refractivity contribution in [1.82, 2.24) is 10.2 Å². The fourth-order valence-corrected chi connectivity index (χ4v) is 4.01. The van der Waals surface area contributed by atoms with E-state index in [4.69, 9.17) is 4.74 Å². The summed E-state index contributed by atoms with van der Waals surface area (Å²) in [6.07, 6.45) is 0.0787. The van der Waals surface area contributed by atoms with Crippen LogP contribution < -0.4 is 15.4 Å². The Morgan fingerprint density at radius 3 is 2.35 bits per heavy atom. The number of urea groups is 1. The van der Waals surface area contributed by atoms with Crippen molar-refractivity contribution >= 4 is 23.5 Å². The number of nitrogens with one attached hydrogen (secondary N) is 2. The molecular weight excluding hydrogens is 473 g/mol. The molecule has 2 atom stereocenters. The van der Waals surface area contributed by atoms with Crippen molar-refractivity contribution in [2.75, 3.05) is 11.9 Å². The average Bonchev–Trinajstić information content (AvgIpc) is 3.20. The highest BCUT2D eigenvalue weighted by Crippen LogP contribution is 2.27. The number of imide groups is 1. The molecule has 0 spiro atoms. The van der Waals surface area contributed by atoms with Gasteiger partial charge in [0.25, 0.3) is 5.91 Å². The number of hydrogen-bond acceptors (Lipinski definition) is 4. The summed E-state index contributed by atoms with van der Waals surface area (Å²) in [6, 6.07) is 17.5. The Balaban J connectivity index is 0.00000186. The highest BCUT2D eigenvalue weighted by Gasteiger charge is 2.45. The van der Waals surface area contributed by atoms with E-state index < -0.39 is 35.7 Å². The summed E-state index contributed by atoms with van der Waals surface area (Å²) in [5.74, 6) is -1.17. The van der Waals surface area contributed by atoms with Gasteiger partial charge in [-0.05, 0) is 54.8 Å². The topological polar surface area (TPSA) is 87.7 Å². The van der Waals surface area contributed by atoms with Crippen LogP contribution in [0, 0.1) is 12.7 Å². The molecule has 1 fully saturated rings. The van der Waals surface area contributed by atoms with E-state index in [-0.39, 0.29) is 12.1 Å². The molecular formula is C29H32FN3O4. The van der Waals surface area contributed by atoms with Crippen LogP contribution in [0.1, 0.15) is 43.5 Å². The second-order valence-electron chi connectivity index (χ2n) is 8.27. The number of carbonyl (C=O) groups excluding carboxylic acids is 3. The minimum Gasteiger partial charge on any atom is -0.494 e. The van der Waals surface area contributed by atoms with Crippen LogP contribution in [0.2, 0.25) is 0 Å². The van der Waals surface area contributed by atoms with Gasteiger partial charge in [-0.25, -0.2) is 14.1 Å². The van der Waals surface area contributed by atoms with Crippen molar-refractivity contribution in [2.45, 2.75) is 46.2 Å². The summed E-state index contributed by atoms with van der Waals surface area (Å²) >= 11 is 0. The van der Waals surface area contributed by atoms with Crippen LogP contribution in [0.25, 0.3) is 0 Å². The minimum atomic E-state index is -1.18. The van der Waals surface area contributed by atoms with Gasteiger partial charge in [0.2, 0.25) is 5.91 Å². The number of amides is 4. The van der Waals surface area contributed by atoms with E-state index in [1.165, 1.54) is 12.1 Å². The molecule has 1 heterocycles. The maximum absolute atomic E-state index is 14.4. The first-order valence-electron chi connectivity index (χ1n) is 12.3. The third kappa shape index (κ3) is 6.52. The summed E-state index contributed by atoms with van der Waals surface area (Å²) in [6.45, 7) is 8.11. The number of hydrogen-bond donors (Lipinski definition) is 2. The van der Waals surface area contributed by atoms with Gasteiger partial charge in [-0.1, -0.05) is 62.4 Å². The zero-order chi connectivity index (χ0) is 26.9. The van der Waals surface area contributed by atoms with Crippen LogP contribution >= 0.6 is 0 Å². The van der Waals surface area contributed by atoms with Crippen molar-refractivity contribution in [2.24, 2.45) is 0 Å². The first-order valence-corrected chi connectivity index (χ1v) is 12.3. The van der Waals surface area contributed by atoms with E-state index in [2.05, 4.69) is 10.6 Å². The second-order valence-corrected chi connectivity index (χ2v) is 8.27. The zero-order valence-corrected chi connectivity index (χ0v) is 21.5. The van der Waals surface area contributed by atoms with Crippen molar-refractivity contribution in [3.05, 3.63) is 95.3 Å². The third-order valence-corrected chi connectivity index (χ3v) is 5.76. The molecule has 0 aromatic heterocycles. The van der Waals surface area contributed by atoms with Gasteiger partial charge in [0.05, 0.1) is 12.3 Å². The van der Waals surface area contributed by atoms with Gasteiger partial charge >= 0.3 is 6.03 Å². The molecule has 1 aliphatic rings. The lowest BCUT2D eigenvalue weighted by Gasteiger charge is -2.25. The van der Waals surface area contributed by atoms with E-state index in [0.717, 1.165) is 10.5 Å². The Bertz CT molecular complexity index is 1230. The number of nitrogens with zero attached hydrogens (tertiary/aromatic N) is 1. The number of aryl methyl sites for hydroxylation is 1. The predicted octanol–water partition coefficient (Wildman–Crippen LogP) is 5.40. The molecule has 4 amide bonds. The molecule has 3 aromatic carbocycles. The molecule has 37 heavy (non-hydrogen) atoms. The number of ether oxygens (including phenoxy) is 1. The van der Waals surface area contributed by atoms with E-state index >= 15 is 0 Å². The number of benzene rings is 3. The minimum absolute atomic E-state index is 0.0196. The van der Waals surface area contributed by atoms with Gasteiger partial charge < -0.3 is 15.4 Å². The standard InChI is InChI=1S/C27H26FN3O4.C2H6/c1-3-35-20-12-10-19(11-13-20)24-26(33)31(27(34)30-24)23(16-18-7-5-4-6-8-18)25(32)29-22-14-9-17(2)15-21(22)28;1-2/h4-15,23-24H,3,16H2,1-2H3,(H,29,32)(H,30,34);1-2H3/t23?,24-;/m1./s1. The van der Waals surface area contributed by atoms with Crippen molar-refractivity contribution in [1.29, 1.82) is 0 Å². The van der Waals surface area contributed by atoms with E-state index in [9.17, 15) is 18.8 Å². The summed E-state index contributed by atoms with van der Waals surface area (Å²) in [4.78, 5) is 40.6. The molecule has 194 valence electrons. The summed E-state index contributed by atoms with van der Waals surface area (Å²) < 4.78 is 19.9. The fraction of sp³-hybridized carbons (Fsp3) is 0.276. The summed E-state index contributed by atoms with van der Waals surface area (Å²) in [5, 5.41) is 5.22. The maximum atomic E-state index is 14.4. The Kier molecular flexibility index (Phi) is 9.38. The summed E-state index contributed by atoms with van der Waals surface area (Å²) in [7, 11) is 0. The lowest BCUT2D eigenvalue weighted by Crippen LogP contribution is -2.49.